The first kappa shape index (κ1) is 21.5. The van der Waals surface area contributed by atoms with Crippen molar-refractivity contribution in [2.45, 2.75) is 32.1 Å². The van der Waals surface area contributed by atoms with Crippen molar-refractivity contribution in [3.63, 3.8) is 0 Å². The molecule has 2 rings (SSSR count). The van der Waals surface area contributed by atoms with Crippen molar-refractivity contribution >= 4 is 23.3 Å². The van der Waals surface area contributed by atoms with E-state index in [2.05, 4.69) is 16.6 Å². The Bertz CT molecular complexity index is 953. The predicted octanol–water partition coefficient (Wildman–Crippen LogP) is 4.80. The van der Waals surface area contributed by atoms with Gasteiger partial charge in [0.25, 0.3) is 5.69 Å². The molecular weight excluding hydrogens is 374 g/mol. The van der Waals surface area contributed by atoms with Crippen molar-refractivity contribution in [3.8, 4) is 6.07 Å². The lowest BCUT2D eigenvalue weighted by Crippen LogP contribution is -2.30. The fourth-order valence-electron chi connectivity index (χ4n) is 3.10. The third kappa shape index (κ3) is 4.93. The highest BCUT2D eigenvalue weighted by atomic mass is 16.6. The number of non-ortho nitro benzene ring substituents is 1. The molecule has 2 aromatic carbocycles. The Balaban J connectivity index is 2.11. The molecule has 0 saturated heterocycles. The molecule has 0 amide bonds. The van der Waals surface area contributed by atoms with Crippen LogP contribution in [0.3, 0.4) is 0 Å². The van der Waals surface area contributed by atoms with Gasteiger partial charge in [0, 0.05) is 12.3 Å². The van der Waals surface area contributed by atoms with Crippen LogP contribution in [0.15, 0.2) is 53.6 Å². The summed E-state index contributed by atoms with van der Waals surface area (Å²) in [4.78, 5) is 20.5. The van der Waals surface area contributed by atoms with Crippen molar-refractivity contribution in [2.24, 2.45) is 11.0 Å². The van der Waals surface area contributed by atoms with Gasteiger partial charge in [0.15, 0.2) is 0 Å². The van der Waals surface area contributed by atoms with E-state index in [0.717, 1.165) is 11.6 Å². The van der Waals surface area contributed by atoms with Gasteiger partial charge in [0.2, 0.25) is 0 Å². The molecule has 1 N–H and O–H groups in total. The first-order valence-corrected chi connectivity index (χ1v) is 8.99. The summed E-state index contributed by atoms with van der Waals surface area (Å²) in [7, 11) is 0. The van der Waals surface area contributed by atoms with Gasteiger partial charge in [-0.3, -0.25) is 25.7 Å². The number of nitriles is 1. The molecule has 0 aliphatic rings. The molecule has 0 heterocycles. The van der Waals surface area contributed by atoms with E-state index < -0.39 is 20.9 Å². The number of hydrazone groups is 1. The van der Waals surface area contributed by atoms with Crippen LogP contribution in [0, 0.1) is 37.5 Å². The molecule has 9 nitrogen and oxygen atoms in total. The molecule has 9 heteroatoms. The highest BCUT2D eigenvalue weighted by Gasteiger charge is 2.35. The van der Waals surface area contributed by atoms with E-state index in [1.54, 1.807) is 6.21 Å². The number of anilines is 1. The molecule has 0 fully saturated rings. The maximum absolute atomic E-state index is 11.1. The molecule has 0 radical (unpaired) electrons. The van der Waals surface area contributed by atoms with Crippen LogP contribution in [0.5, 0.6) is 0 Å². The number of nitrogens with one attached hydrogen (secondary N) is 1. The molecule has 29 heavy (non-hydrogen) atoms. The molecule has 0 bridgehead atoms. The molecule has 0 aromatic heterocycles. The average molecular weight is 395 g/mol. The molecule has 150 valence electrons. The molecular formula is C20H21N5O4. The van der Waals surface area contributed by atoms with Gasteiger partial charge >= 0.3 is 5.69 Å². The Labute approximate surface area is 168 Å². The lowest BCUT2D eigenvalue weighted by molar-refractivity contribution is -0.393. The van der Waals surface area contributed by atoms with Crippen molar-refractivity contribution < 1.29 is 9.85 Å². The van der Waals surface area contributed by atoms with Crippen molar-refractivity contribution in [1.29, 1.82) is 5.26 Å². The maximum atomic E-state index is 11.1. The smallest absolute Gasteiger partial charge is 0.272 e. The number of nitrogens with zero attached hydrogens (tertiary/aromatic N) is 4. The van der Waals surface area contributed by atoms with E-state index in [0.29, 0.717) is 12.8 Å². The second-order valence-electron chi connectivity index (χ2n) is 6.78. The van der Waals surface area contributed by atoms with Crippen LogP contribution in [0.25, 0.3) is 0 Å². The van der Waals surface area contributed by atoms with Gasteiger partial charge in [-0.25, -0.2) is 0 Å². The minimum Gasteiger partial charge on any atom is -0.272 e. The summed E-state index contributed by atoms with van der Waals surface area (Å²) in [5.74, 6) is 0.0759. The van der Waals surface area contributed by atoms with Crippen molar-refractivity contribution in [3.05, 3.63) is 74.3 Å². The lowest BCUT2D eigenvalue weighted by Gasteiger charge is -2.31. The molecule has 0 unspecified atom stereocenters. The highest BCUT2D eigenvalue weighted by Crippen LogP contribution is 2.36. The standard InChI is InChI=1S/C20H21N5O4/c1-15(2)20(14-21,16-7-4-3-5-8-16)11-6-12-22-23-18-10-9-17(24(26)27)13-19(18)25(28)29/h3-5,7-10,12-13,15,23H,6,11H2,1-2H3/b22-12+/t20-/m0/s1. The largest absolute Gasteiger partial charge is 0.301 e. The van der Waals surface area contributed by atoms with Crippen LogP contribution in [-0.4, -0.2) is 16.1 Å². The van der Waals surface area contributed by atoms with E-state index in [1.165, 1.54) is 12.1 Å². The normalized spacial score (nSPS) is 13.0. The van der Waals surface area contributed by atoms with Gasteiger partial charge in [-0.15, -0.1) is 0 Å². The fourth-order valence-corrected chi connectivity index (χ4v) is 3.10. The monoisotopic (exact) mass is 395 g/mol. The van der Waals surface area contributed by atoms with Gasteiger partial charge in [-0.2, -0.15) is 10.4 Å². The maximum Gasteiger partial charge on any atom is 0.301 e. The first-order valence-electron chi connectivity index (χ1n) is 8.99. The third-order valence-electron chi connectivity index (χ3n) is 4.81. The molecule has 1 atom stereocenters. The number of hydrogen-bond acceptors (Lipinski definition) is 7. The molecule has 2 aromatic rings. The summed E-state index contributed by atoms with van der Waals surface area (Å²) in [6, 6.07) is 15.3. The van der Waals surface area contributed by atoms with Crippen LogP contribution in [0.2, 0.25) is 0 Å². The highest BCUT2D eigenvalue weighted by molar-refractivity contribution is 5.67. The average Bonchev–Trinajstić information content (AvgIpc) is 2.71. The van der Waals surface area contributed by atoms with E-state index in [9.17, 15) is 25.5 Å². The van der Waals surface area contributed by atoms with Crippen LogP contribution >= 0.6 is 0 Å². The Morgan fingerprint density at radius 1 is 1.17 bits per heavy atom. The summed E-state index contributed by atoms with van der Waals surface area (Å²) < 4.78 is 0. The summed E-state index contributed by atoms with van der Waals surface area (Å²) in [6.07, 6.45) is 2.54. The Kier molecular flexibility index (Phi) is 6.98. The zero-order chi connectivity index (χ0) is 21.4. The minimum atomic E-state index is -0.709. The zero-order valence-electron chi connectivity index (χ0n) is 16.1. The van der Waals surface area contributed by atoms with Crippen molar-refractivity contribution in [1.82, 2.24) is 0 Å². The van der Waals surface area contributed by atoms with Crippen LogP contribution in [0.1, 0.15) is 32.3 Å². The quantitative estimate of drug-likeness (QED) is 0.368. The first-order chi connectivity index (χ1) is 13.8. The van der Waals surface area contributed by atoms with Gasteiger partial charge < -0.3 is 0 Å². The van der Waals surface area contributed by atoms with E-state index in [-0.39, 0.29) is 17.3 Å². The summed E-state index contributed by atoms with van der Waals surface area (Å²) >= 11 is 0. The number of hydrogen-bond donors (Lipinski definition) is 1. The topological polar surface area (TPSA) is 134 Å². The van der Waals surface area contributed by atoms with Gasteiger partial charge in [0.05, 0.1) is 27.4 Å². The fraction of sp³-hybridized carbons (Fsp3) is 0.300. The summed E-state index contributed by atoms with van der Waals surface area (Å²) in [6.45, 7) is 3.98. The number of benzene rings is 2. The van der Waals surface area contributed by atoms with Crippen LogP contribution < -0.4 is 5.43 Å². The van der Waals surface area contributed by atoms with Crippen LogP contribution in [0.4, 0.5) is 17.1 Å². The van der Waals surface area contributed by atoms with Gasteiger partial charge in [-0.1, -0.05) is 44.2 Å². The molecule has 0 aliphatic carbocycles. The molecule has 0 saturated carbocycles. The van der Waals surface area contributed by atoms with E-state index in [1.807, 2.05) is 44.2 Å². The third-order valence-corrected chi connectivity index (χ3v) is 4.81. The summed E-state index contributed by atoms with van der Waals surface area (Å²) in [5.41, 5.74) is 2.06. The SMILES string of the molecule is CC(C)[C@@](C#N)(CC/C=N/Nc1ccc([N+](=O)[O-])cc1[N+](=O)[O-])c1ccccc1. The minimum absolute atomic E-state index is 0.0512. The summed E-state index contributed by atoms with van der Waals surface area (Å²) in [5, 5.41) is 35.8. The van der Waals surface area contributed by atoms with Crippen molar-refractivity contribution in [2.75, 3.05) is 5.43 Å². The van der Waals surface area contributed by atoms with Crippen LogP contribution in [-0.2, 0) is 5.41 Å². The Morgan fingerprint density at radius 2 is 1.86 bits per heavy atom. The zero-order valence-corrected chi connectivity index (χ0v) is 16.1. The van der Waals surface area contributed by atoms with E-state index >= 15 is 0 Å². The number of nitro groups is 2. The second kappa shape index (κ2) is 9.41. The van der Waals surface area contributed by atoms with Gasteiger partial charge in [-0.05, 0) is 30.4 Å². The number of rotatable bonds is 9. The lowest BCUT2D eigenvalue weighted by atomic mass is 9.70. The Morgan fingerprint density at radius 3 is 2.41 bits per heavy atom. The second-order valence-corrected chi connectivity index (χ2v) is 6.78. The molecule has 0 spiro atoms. The van der Waals surface area contributed by atoms with E-state index in [4.69, 9.17) is 0 Å². The predicted molar refractivity (Wildman–Crippen MR) is 110 cm³/mol. The number of nitro benzene ring substituents is 2. The molecule has 0 aliphatic heterocycles. The Hall–Kier alpha value is -3.80. The van der Waals surface area contributed by atoms with Gasteiger partial charge in [0.1, 0.15) is 5.69 Å².